The molecule has 6 heteroatoms. The number of nitrogens with zero attached hydrogens (tertiary/aromatic N) is 4. The van der Waals surface area contributed by atoms with Crippen LogP contribution in [0.3, 0.4) is 0 Å². The number of carbonyl (C=O) groups excluding carboxylic acids is 1. The SMILES string of the molecule is Cn1c(CO)nnc1C1CCCN(C(=O)c2ccc3c(c2)CCCC3)C1. The number of rotatable bonds is 3. The van der Waals surface area contributed by atoms with E-state index < -0.39 is 0 Å². The van der Waals surface area contributed by atoms with Crippen LogP contribution in [0.25, 0.3) is 0 Å². The van der Waals surface area contributed by atoms with Crippen molar-refractivity contribution in [3.8, 4) is 0 Å². The van der Waals surface area contributed by atoms with Gasteiger partial charge < -0.3 is 14.6 Å². The first kappa shape index (κ1) is 17.2. The Labute approximate surface area is 153 Å². The van der Waals surface area contributed by atoms with E-state index in [1.165, 1.54) is 24.0 Å². The van der Waals surface area contributed by atoms with Gasteiger partial charge in [0.25, 0.3) is 5.91 Å². The minimum Gasteiger partial charge on any atom is -0.388 e. The lowest BCUT2D eigenvalue weighted by atomic mass is 9.90. The maximum atomic E-state index is 13.1. The summed E-state index contributed by atoms with van der Waals surface area (Å²) >= 11 is 0. The van der Waals surface area contributed by atoms with Crippen molar-refractivity contribution in [2.24, 2.45) is 7.05 Å². The summed E-state index contributed by atoms with van der Waals surface area (Å²) in [5.74, 6) is 1.71. The molecule has 1 unspecified atom stereocenters. The van der Waals surface area contributed by atoms with E-state index in [2.05, 4.69) is 22.3 Å². The number of likely N-dealkylation sites (tertiary alicyclic amines) is 1. The lowest BCUT2D eigenvalue weighted by Gasteiger charge is -2.32. The summed E-state index contributed by atoms with van der Waals surface area (Å²) in [6, 6.07) is 6.23. The predicted octanol–water partition coefficient (Wildman–Crippen LogP) is 2.21. The van der Waals surface area contributed by atoms with Crippen molar-refractivity contribution in [2.75, 3.05) is 13.1 Å². The highest BCUT2D eigenvalue weighted by atomic mass is 16.3. The molecule has 4 rings (SSSR count). The second kappa shape index (κ2) is 7.19. The van der Waals surface area contributed by atoms with Gasteiger partial charge in [-0.25, -0.2) is 0 Å². The average molecular weight is 354 g/mol. The van der Waals surface area contributed by atoms with Crippen LogP contribution in [-0.4, -0.2) is 43.8 Å². The van der Waals surface area contributed by atoms with Gasteiger partial charge in [0.15, 0.2) is 5.82 Å². The molecule has 0 spiro atoms. The molecule has 2 heterocycles. The first-order chi connectivity index (χ1) is 12.7. The third kappa shape index (κ3) is 3.14. The maximum Gasteiger partial charge on any atom is 0.253 e. The van der Waals surface area contributed by atoms with Gasteiger partial charge in [-0.2, -0.15) is 0 Å². The Morgan fingerprint density at radius 2 is 2.00 bits per heavy atom. The highest BCUT2D eigenvalue weighted by Gasteiger charge is 2.29. The summed E-state index contributed by atoms with van der Waals surface area (Å²) in [5, 5.41) is 17.6. The van der Waals surface area contributed by atoms with Gasteiger partial charge in [-0.05, 0) is 61.8 Å². The molecule has 0 bridgehead atoms. The van der Waals surface area contributed by atoms with E-state index >= 15 is 0 Å². The Kier molecular flexibility index (Phi) is 4.76. The van der Waals surface area contributed by atoms with Crippen LogP contribution < -0.4 is 0 Å². The molecule has 1 aromatic heterocycles. The molecule has 0 saturated carbocycles. The number of aliphatic hydroxyl groups excluding tert-OH is 1. The predicted molar refractivity (Wildman–Crippen MR) is 97.9 cm³/mol. The molecule has 6 nitrogen and oxygen atoms in total. The van der Waals surface area contributed by atoms with Crippen molar-refractivity contribution in [3.05, 3.63) is 46.5 Å². The molecular formula is C20H26N4O2. The number of aliphatic hydroxyl groups is 1. The summed E-state index contributed by atoms with van der Waals surface area (Å²) in [5.41, 5.74) is 3.55. The minimum atomic E-state index is -0.117. The zero-order valence-corrected chi connectivity index (χ0v) is 15.3. The van der Waals surface area contributed by atoms with Crippen LogP contribution in [0.15, 0.2) is 18.2 Å². The van der Waals surface area contributed by atoms with Crippen molar-refractivity contribution in [2.45, 2.75) is 51.0 Å². The molecular weight excluding hydrogens is 328 g/mol. The first-order valence-corrected chi connectivity index (χ1v) is 9.57. The number of amides is 1. The van der Waals surface area contributed by atoms with Gasteiger partial charge in [0, 0.05) is 31.6 Å². The molecule has 1 amide bonds. The van der Waals surface area contributed by atoms with E-state index in [0.29, 0.717) is 12.4 Å². The normalized spacial score (nSPS) is 20.1. The molecule has 1 N–H and O–H groups in total. The van der Waals surface area contributed by atoms with Gasteiger partial charge in [-0.3, -0.25) is 4.79 Å². The second-order valence-corrected chi connectivity index (χ2v) is 7.47. The first-order valence-electron chi connectivity index (χ1n) is 9.57. The van der Waals surface area contributed by atoms with Crippen molar-refractivity contribution in [3.63, 3.8) is 0 Å². The number of benzene rings is 1. The second-order valence-electron chi connectivity index (χ2n) is 7.47. The summed E-state index contributed by atoms with van der Waals surface area (Å²) in [4.78, 5) is 15.0. The van der Waals surface area contributed by atoms with Crippen LogP contribution in [0.1, 0.15) is 64.7 Å². The Bertz CT molecular complexity index is 814. The van der Waals surface area contributed by atoms with E-state index in [4.69, 9.17) is 0 Å². The fraction of sp³-hybridized carbons (Fsp3) is 0.550. The van der Waals surface area contributed by atoms with Gasteiger partial charge >= 0.3 is 0 Å². The third-order valence-corrected chi connectivity index (χ3v) is 5.81. The zero-order valence-electron chi connectivity index (χ0n) is 15.3. The number of aromatic nitrogens is 3. The minimum absolute atomic E-state index is 0.117. The van der Waals surface area contributed by atoms with Crippen LogP contribution in [0, 0.1) is 0 Å². The number of hydrogen-bond acceptors (Lipinski definition) is 4. The van der Waals surface area contributed by atoms with Crippen molar-refractivity contribution in [1.82, 2.24) is 19.7 Å². The number of aryl methyl sites for hydroxylation is 2. The largest absolute Gasteiger partial charge is 0.388 e. The lowest BCUT2D eigenvalue weighted by molar-refractivity contribution is 0.0703. The Balaban J connectivity index is 1.52. The van der Waals surface area contributed by atoms with E-state index in [0.717, 1.165) is 43.6 Å². The van der Waals surface area contributed by atoms with Crippen LogP contribution in [0.5, 0.6) is 0 Å². The van der Waals surface area contributed by atoms with Crippen molar-refractivity contribution < 1.29 is 9.90 Å². The highest BCUT2D eigenvalue weighted by Crippen LogP contribution is 2.28. The van der Waals surface area contributed by atoms with Crippen molar-refractivity contribution in [1.29, 1.82) is 0 Å². The van der Waals surface area contributed by atoms with Gasteiger partial charge in [-0.1, -0.05) is 6.07 Å². The van der Waals surface area contributed by atoms with E-state index in [-0.39, 0.29) is 18.4 Å². The van der Waals surface area contributed by atoms with Gasteiger partial charge in [-0.15, -0.1) is 10.2 Å². The molecule has 1 fully saturated rings. The lowest BCUT2D eigenvalue weighted by Crippen LogP contribution is -2.39. The van der Waals surface area contributed by atoms with Gasteiger partial charge in [0.1, 0.15) is 12.4 Å². The standard InChI is InChI=1S/C20H26N4O2/c1-23-18(13-25)21-22-19(23)17-7-4-10-24(12-17)20(26)16-9-8-14-5-2-3-6-15(14)11-16/h8-9,11,17,25H,2-7,10,12-13H2,1H3. The fourth-order valence-electron chi connectivity index (χ4n) is 4.29. The van der Waals surface area contributed by atoms with Crippen LogP contribution in [0.4, 0.5) is 0 Å². The summed E-state index contributed by atoms with van der Waals surface area (Å²) in [6.07, 6.45) is 6.64. The topological polar surface area (TPSA) is 71.2 Å². The Hall–Kier alpha value is -2.21. The molecule has 1 saturated heterocycles. The Morgan fingerprint density at radius 3 is 2.77 bits per heavy atom. The molecule has 2 aromatic rings. The number of piperidine rings is 1. The molecule has 138 valence electrons. The van der Waals surface area contributed by atoms with E-state index in [9.17, 15) is 9.90 Å². The smallest absolute Gasteiger partial charge is 0.253 e. The van der Waals surface area contributed by atoms with Crippen LogP contribution in [-0.2, 0) is 26.5 Å². The monoisotopic (exact) mass is 354 g/mol. The van der Waals surface area contributed by atoms with Crippen LogP contribution >= 0.6 is 0 Å². The van der Waals surface area contributed by atoms with Gasteiger partial charge in [0.05, 0.1) is 0 Å². The van der Waals surface area contributed by atoms with Crippen molar-refractivity contribution >= 4 is 5.91 Å². The quantitative estimate of drug-likeness (QED) is 0.917. The fourth-order valence-corrected chi connectivity index (χ4v) is 4.29. The molecule has 1 aliphatic heterocycles. The molecule has 1 atom stereocenters. The third-order valence-electron chi connectivity index (χ3n) is 5.81. The Morgan fingerprint density at radius 1 is 1.19 bits per heavy atom. The van der Waals surface area contributed by atoms with Gasteiger partial charge in [0.2, 0.25) is 0 Å². The number of hydrogen-bond donors (Lipinski definition) is 1. The van der Waals surface area contributed by atoms with E-state index in [1.807, 2.05) is 22.6 Å². The molecule has 2 aliphatic rings. The number of fused-ring (bicyclic) bond motifs is 1. The summed E-state index contributed by atoms with van der Waals surface area (Å²) in [7, 11) is 1.88. The van der Waals surface area contributed by atoms with E-state index in [1.54, 1.807) is 0 Å². The molecule has 0 radical (unpaired) electrons. The zero-order chi connectivity index (χ0) is 18.1. The maximum absolute atomic E-state index is 13.1. The highest BCUT2D eigenvalue weighted by molar-refractivity contribution is 5.94. The molecule has 1 aromatic carbocycles. The number of carbonyl (C=O) groups is 1. The molecule has 1 aliphatic carbocycles. The average Bonchev–Trinajstić information content (AvgIpc) is 3.07. The summed E-state index contributed by atoms with van der Waals surface area (Å²) < 4.78 is 1.86. The molecule has 26 heavy (non-hydrogen) atoms. The summed E-state index contributed by atoms with van der Waals surface area (Å²) in [6.45, 7) is 1.33. The van der Waals surface area contributed by atoms with Crippen LogP contribution in [0.2, 0.25) is 0 Å².